The van der Waals surface area contributed by atoms with Crippen molar-refractivity contribution >= 4 is 22.6 Å². The lowest BCUT2D eigenvalue weighted by molar-refractivity contribution is 0.0912. The van der Waals surface area contributed by atoms with Gasteiger partial charge in [-0.15, -0.1) is 0 Å². The van der Waals surface area contributed by atoms with Crippen LogP contribution in [-0.4, -0.2) is 24.0 Å². The summed E-state index contributed by atoms with van der Waals surface area (Å²) in [6.45, 7) is 8.37. The van der Waals surface area contributed by atoms with Crippen molar-refractivity contribution in [2.75, 3.05) is 12.4 Å². The molecule has 0 spiro atoms. The lowest BCUT2D eigenvalue weighted by Crippen LogP contribution is -2.41. The van der Waals surface area contributed by atoms with Crippen LogP contribution in [0.2, 0.25) is 0 Å². The first-order valence-corrected chi connectivity index (χ1v) is 7.21. The minimum atomic E-state index is -0.0625. The summed E-state index contributed by atoms with van der Waals surface area (Å²) in [7, 11) is 1.80. The van der Waals surface area contributed by atoms with Crippen molar-refractivity contribution in [1.82, 2.24) is 10.3 Å². The molecule has 0 bridgehead atoms. The Labute approximate surface area is 126 Å². The molecule has 0 aliphatic carbocycles. The van der Waals surface area contributed by atoms with Crippen molar-refractivity contribution in [2.24, 2.45) is 5.41 Å². The minimum absolute atomic E-state index is 0.0182. The van der Waals surface area contributed by atoms with Gasteiger partial charge in [0.15, 0.2) is 0 Å². The van der Waals surface area contributed by atoms with Gasteiger partial charge in [-0.3, -0.25) is 4.79 Å². The van der Waals surface area contributed by atoms with Crippen LogP contribution in [0.4, 0.5) is 5.82 Å². The van der Waals surface area contributed by atoms with E-state index in [1.165, 1.54) is 0 Å². The van der Waals surface area contributed by atoms with Crippen molar-refractivity contribution in [2.45, 2.75) is 33.7 Å². The van der Waals surface area contributed by atoms with Crippen LogP contribution in [0.3, 0.4) is 0 Å². The Hall–Kier alpha value is -2.10. The Bertz CT molecular complexity index is 659. The number of hydrogen-bond donors (Lipinski definition) is 2. The number of aromatic nitrogens is 1. The van der Waals surface area contributed by atoms with Crippen molar-refractivity contribution in [3.05, 3.63) is 35.9 Å². The Balaban J connectivity index is 2.43. The third kappa shape index (κ3) is 3.32. The van der Waals surface area contributed by atoms with Crippen molar-refractivity contribution in [1.29, 1.82) is 0 Å². The number of amides is 1. The molecule has 2 rings (SSSR count). The van der Waals surface area contributed by atoms with Gasteiger partial charge in [0.2, 0.25) is 0 Å². The van der Waals surface area contributed by atoms with Crippen LogP contribution in [0.15, 0.2) is 30.3 Å². The van der Waals surface area contributed by atoms with Gasteiger partial charge < -0.3 is 10.6 Å². The standard InChI is InChI=1S/C17H23N3O/c1-11(17(2,3)4)19-16(21)13-10-15(18-5)20-14-9-7-6-8-12(13)14/h6-11H,1-5H3,(H,18,20)(H,19,21). The van der Waals surface area contributed by atoms with Gasteiger partial charge in [0.1, 0.15) is 5.82 Å². The van der Waals surface area contributed by atoms with E-state index in [9.17, 15) is 4.79 Å². The average molecular weight is 285 g/mol. The fourth-order valence-electron chi connectivity index (χ4n) is 1.98. The van der Waals surface area contributed by atoms with Gasteiger partial charge in [-0.25, -0.2) is 4.98 Å². The number of para-hydroxylation sites is 1. The smallest absolute Gasteiger partial charge is 0.252 e. The highest BCUT2D eigenvalue weighted by Crippen LogP contribution is 2.23. The van der Waals surface area contributed by atoms with E-state index in [-0.39, 0.29) is 17.4 Å². The fraction of sp³-hybridized carbons (Fsp3) is 0.412. The summed E-state index contributed by atoms with van der Waals surface area (Å²) < 4.78 is 0. The minimum Gasteiger partial charge on any atom is -0.373 e. The number of anilines is 1. The molecule has 1 amide bonds. The van der Waals surface area contributed by atoms with E-state index in [4.69, 9.17) is 0 Å². The summed E-state index contributed by atoms with van der Waals surface area (Å²) in [5.41, 5.74) is 1.49. The Morgan fingerprint density at radius 3 is 2.52 bits per heavy atom. The van der Waals surface area contributed by atoms with E-state index in [2.05, 4.69) is 36.4 Å². The third-order valence-corrected chi connectivity index (χ3v) is 3.86. The SMILES string of the molecule is CNc1cc(C(=O)NC(C)C(C)(C)C)c2ccccc2n1. The summed E-state index contributed by atoms with van der Waals surface area (Å²) in [6.07, 6.45) is 0. The Morgan fingerprint density at radius 1 is 1.24 bits per heavy atom. The predicted octanol–water partition coefficient (Wildman–Crippen LogP) is 3.44. The van der Waals surface area contributed by atoms with E-state index >= 15 is 0 Å². The van der Waals surface area contributed by atoms with Crippen molar-refractivity contribution < 1.29 is 4.79 Å². The molecule has 1 aromatic heterocycles. The largest absolute Gasteiger partial charge is 0.373 e. The zero-order valence-corrected chi connectivity index (χ0v) is 13.3. The third-order valence-electron chi connectivity index (χ3n) is 3.86. The number of hydrogen-bond acceptors (Lipinski definition) is 3. The Kier molecular flexibility index (Phi) is 4.16. The van der Waals surface area contributed by atoms with E-state index in [0.717, 1.165) is 10.9 Å². The zero-order valence-electron chi connectivity index (χ0n) is 13.3. The zero-order chi connectivity index (χ0) is 15.6. The summed E-state index contributed by atoms with van der Waals surface area (Å²) in [4.78, 5) is 17.1. The normalized spacial score (nSPS) is 13.0. The van der Waals surface area contributed by atoms with Gasteiger partial charge in [-0.05, 0) is 24.5 Å². The maximum Gasteiger partial charge on any atom is 0.252 e. The molecule has 0 saturated heterocycles. The molecule has 1 aromatic carbocycles. The molecule has 1 atom stereocenters. The molecule has 4 heteroatoms. The lowest BCUT2D eigenvalue weighted by Gasteiger charge is -2.28. The molecule has 2 aromatic rings. The molecule has 112 valence electrons. The second-order valence-electron chi connectivity index (χ2n) is 6.38. The maximum atomic E-state index is 12.6. The first-order valence-electron chi connectivity index (χ1n) is 7.21. The van der Waals surface area contributed by atoms with Gasteiger partial charge in [0.25, 0.3) is 5.91 Å². The van der Waals surface area contributed by atoms with Crippen LogP contribution >= 0.6 is 0 Å². The quantitative estimate of drug-likeness (QED) is 0.908. The summed E-state index contributed by atoms with van der Waals surface area (Å²) >= 11 is 0. The molecule has 1 heterocycles. The number of pyridine rings is 1. The Morgan fingerprint density at radius 2 is 1.90 bits per heavy atom. The molecular formula is C17H23N3O. The summed E-state index contributed by atoms with van der Waals surface area (Å²) in [6, 6.07) is 9.57. The molecule has 21 heavy (non-hydrogen) atoms. The van der Waals surface area contributed by atoms with Gasteiger partial charge in [-0.2, -0.15) is 0 Å². The average Bonchev–Trinajstić information content (AvgIpc) is 2.44. The number of fused-ring (bicyclic) bond motifs is 1. The summed E-state index contributed by atoms with van der Waals surface area (Å²) in [5, 5.41) is 6.96. The molecule has 0 saturated carbocycles. The first kappa shape index (κ1) is 15.3. The van der Waals surface area contributed by atoms with Crippen molar-refractivity contribution in [3.63, 3.8) is 0 Å². The second-order valence-corrected chi connectivity index (χ2v) is 6.38. The van der Waals surface area contributed by atoms with Gasteiger partial charge in [0.05, 0.1) is 11.1 Å². The second kappa shape index (κ2) is 5.72. The lowest BCUT2D eigenvalue weighted by atomic mass is 9.88. The number of carbonyl (C=O) groups excluding carboxylic acids is 1. The van der Waals surface area contributed by atoms with Gasteiger partial charge in [0, 0.05) is 18.5 Å². The van der Waals surface area contributed by atoms with Crippen LogP contribution in [-0.2, 0) is 0 Å². The van der Waals surface area contributed by atoms with Crippen LogP contribution in [0, 0.1) is 5.41 Å². The van der Waals surface area contributed by atoms with E-state index in [1.54, 1.807) is 13.1 Å². The molecule has 1 unspecified atom stereocenters. The van der Waals surface area contributed by atoms with Crippen LogP contribution in [0.1, 0.15) is 38.1 Å². The van der Waals surface area contributed by atoms with Crippen LogP contribution in [0.25, 0.3) is 10.9 Å². The van der Waals surface area contributed by atoms with Crippen LogP contribution in [0.5, 0.6) is 0 Å². The number of nitrogens with one attached hydrogen (secondary N) is 2. The van der Waals surface area contributed by atoms with E-state index < -0.39 is 0 Å². The molecule has 0 radical (unpaired) electrons. The highest BCUT2D eigenvalue weighted by Gasteiger charge is 2.23. The van der Waals surface area contributed by atoms with E-state index in [1.807, 2.05) is 31.2 Å². The number of benzene rings is 1. The maximum absolute atomic E-state index is 12.6. The molecule has 0 aliphatic rings. The summed E-state index contributed by atoms with van der Waals surface area (Å²) in [5.74, 6) is 0.634. The van der Waals surface area contributed by atoms with E-state index in [0.29, 0.717) is 11.4 Å². The predicted molar refractivity (Wildman–Crippen MR) is 87.7 cm³/mol. The number of carbonyl (C=O) groups is 1. The highest BCUT2D eigenvalue weighted by atomic mass is 16.1. The molecular weight excluding hydrogens is 262 g/mol. The van der Waals surface area contributed by atoms with Gasteiger partial charge in [-0.1, -0.05) is 39.0 Å². The van der Waals surface area contributed by atoms with Crippen molar-refractivity contribution in [3.8, 4) is 0 Å². The molecule has 0 fully saturated rings. The number of rotatable bonds is 3. The first-order chi connectivity index (χ1) is 9.82. The van der Waals surface area contributed by atoms with Gasteiger partial charge >= 0.3 is 0 Å². The monoisotopic (exact) mass is 285 g/mol. The molecule has 2 N–H and O–H groups in total. The molecule has 4 nitrogen and oxygen atoms in total. The fourth-order valence-corrected chi connectivity index (χ4v) is 1.98. The topological polar surface area (TPSA) is 54.0 Å². The molecule has 0 aliphatic heterocycles. The van der Waals surface area contributed by atoms with Crippen LogP contribution < -0.4 is 10.6 Å². The number of nitrogens with zero attached hydrogens (tertiary/aromatic N) is 1. The highest BCUT2D eigenvalue weighted by molar-refractivity contribution is 6.07.